The molecule has 100 valence electrons. The van der Waals surface area contributed by atoms with Crippen LogP contribution in [0.2, 0.25) is 0 Å². The Morgan fingerprint density at radius 2 is 2.05 bits per heavy atom. The maximum atomic E-state index is 11.2. The summed E-state index contributed by atoms with van der Waals surface area (Å²) in [4.78, 5) is 14.8. The summed E-state index contributed by atoms with van der Waals surface area (Å²) >= 11 is 0. The average molecular weight is 261 g/mol. The molecule has 0 aliphatic heterocycles. The molecule has 19 heavy (non-hydrogen) atoms. The predicted octanol–water partition coefficient (Wildman–Crippen LogP) is 2.06. The van der Waals surface area contributed by atoms with Crippen LogP contribution < -0.4 is 5.73 Å². The van der Waals surface area contributed by atoms with E-state index < -0.39 is 10.3 Å². The minimum Gasteiger partial charge on any atom is -0.378 e. The van der Waals surface area contributed by atoms with Crippen molar-refractivity contribution >= 4 is 11.5 Å². The highest BCUT2D eigenvalue weighted by atomic mass is 16.6. The zero-order valence-corrected chi connectivity index (χ0v) is 11.0. The second-order valence-corrected chi connectivity index (χ2v) is 5.19. The normalized spacial score (nSPS) is 11.5. The van der Waals surface area contributed by atoms with Crippen molar-refractivity contribution in [2.75, 3.05) is 5.73 Å². The SMILES string of the molecule is CC(C)(C)c1nn(-c2ccccn2)c(N)c1[N+](=O)[O-]. The number of hydrogen-bond donors (Lipinski definition) is 1. The fourth-order valence-corrected chi connectivity index (χ4v) is 1.76. The van der Waals surface area contributed by atoms with Crippen LogP contribution in [0, 0.1) is 10.1 Å². The van der Waals surface area contributed by atoms with E-state index in [1.165, 1.54) is 4.68 Å². The Bertz CT molecular complexity index is 613. The lowest BCUT2D eigenvalue weighted by Crippen LogP contribution is -2.14. The maximum Gasteiger partial charge on any atom is 0.334 e. The van der Waals surface area contributed by atoms with Crippen LogP contribution in [0.5, 0.6) is 0 Å². The van der Waals surface area contributed by atoms with Gasteiger partial charge in [0.15, 0.2) is 5.82 Å². The van der Waals surface area contributed by atoms with E-state index in [4.69, 9.17) is 5.73 Å². The first-order valence-electron chi connectivity index (χ1n) is 5.77. The number of nitrogen functional groups attached to an aromatic ring is 1. The average Bonchev–Trinajstić information content (AvgIpc) is 2.68. The molecule has 0 atom stereocenters. The summed E-state index contributed by atoms with van der Waals surface area (Å²) in [6.07, 6.45) is 1.58. The summed E-state index contributed by atoms with van der Waals surface area (Å²) in [6, 6.07) is 5.22. The van der Waals surface area contributed by atoms with Crippen molar-refractivity contribution < 1.29 is 4.92 Å². The Labute approximate surface area is 110 Å². The number of hydrogen-bond acceptors (Lipinski definition) is 5. The van der Waals surface area contributed by atoms with Gasteiger partial charge in [0.05, 0.1) is 4.92 Å². The van der Waals surface area contributed by atoms with Crippen LogP contribution in [0.4, 0.5) is 11.5 Å². The van der Waals surface area contributed by atoms with Gasteiger partial charge in [-0.15, -0.1) is 0 Å². The van der Waals surface area contributed by atoms with E-state index in [1.54, 1.807) is 24.4 Å². The summed E-state index contributed by atoms with van der Waals surface area (Å²) in [5.74, 6) is 0.451. The van der Waals surface area contributed by atoms with Crippen molar-refractivity contribution in [1.82, 2.24) is 14.8 Å². The third-order valence-corrected chi connectivity index (χ3v) is 2.65. The number of rotatable bonds is 2. The van der Waals surface area contributed by atoms with Crippen LogP contribution in [0.25, 0.3) is 5.82 Å². The number of anilines is 1. The molecule has 2 aromatic heterocycles. The van der Waals surface area contributed by atoms with E-state index >= 15 is 0 Å². The van der Waals surface area contributed by atoms with Gasteiger partial charge in [-0.1, -0.05) is 26.8 Å². The van der Waals surface area contributed by atoms with E-state index in [1.807, 2.05) is 20.8 Å². The molecule has 2 aromatic rings. The third kappa shape index (κ3) is 2.26. The van der Waals surface area contributed by atoms with Gasteiger partial charge < -0.3 is 5.73 Å². The summed E-state index contributed by atoms with van der Waals surface area (Å²) in [5.41, 5.74) is 5.57. The monoisotopic (exact) mass is 261 g/mol. The van der Waals surface area contributed by atoms with Crippen LogP contribution in [-0.4, -0.2) is 19.7 Å². The van der Waals surface area contributed by atoms with Gasteiger partial charge in [-0.3, -0.25) is 10.1 Å². The first-order chi connectivity index (χ1) is 8.82. The molecule has 2 rings (SSSR count). The molecular weight excluding hydrogens is 246 g/mol. The second-order valence-electron chi connectivity index (χ2n) is 5.19. The Kier molecular flexibility index (Phi) is 2.97. The van der Waals surface area contributed by atoms with Gasteiger partial charge >= 0.3 is 5.69 Å². The molecule has 0 aliphatic rings. The summed E-state index contributed by atoms with van der Waals surface area (Å²) < 4.78 is 1.30. The van der Waals surface area contributed by atoms with E-state index in [9.17, 15) is 10.1 Å². The molecule has 0 unspecified atom stereocenters. The zero-order chi connectivity index (χ0) is 14.2. The Hall–Kier alpha value is -2.44. The Morgan fingerprint density at radius 1 is 1.37 bits per heavy atom. The highest BCUT2D eigenvalue weighted by Gasteiger charge is 2.34. The number of aromatic nitrogens is 3. The Balaban J connectivity index is 2.70. The standard InChI is InChI=1S/C12H15N5O2/c1-12(2,3)10-9(17(18)19)11(13)16(15-10)8-6-4-5-7-14-8/h4-7H,13H2,1-3H3. The van der Waals surface area contributed by atoms with Crippen LogP contribution in [0.3, 0.4) is 0 Å². The van der Waals surface area contributed by atoms with Crippen molar-refractivity contribution in [3.8, 4) is 5.82 Å². The number of nitrogens with two attached hydrogens (primary N) is 1. The number of nitrogens with zero attached hydrogens (tertiary/aromatic N) is 4. The van der Waals surface area contributed by atoms with E-state index in [0.717, 1.165) is 0 Å². The Morgan fingerprint density at radius 3 is 2.47 bits per heavy atom. The minimum absolute atomic E-state index is 0.00590. The lowest BCUT2D eigenvalue weighted by atomic mass is 9.91. The van der Waals surface area contributed by atoms with Crippen molar-refractivity contribution in [2.45, 2.75) is 26.2 Å². The quantitative estimate of drug-likeness (QED) is 0.658. The molecule has 0 spiro atoms. The molecular formula is C12H15N5O2. The van der Waals surface area contributed by atoms with Gasteiger partial charge in [-0.25, -0.2) is 4.98 Å². The smallest absolute Gasteiger partial charge is 0.334 e. The van der Waals surface area contributed by atoms with Gasteiger partial charge in [-0.05, 0) is 12.1 Å². The highest BCUT2D eigenvalue weighted by molar-refractivity contribution is 5.61. The summed E-state index contributed by atoms with van der Waals surface area (Å²) in [5, 5.41) is 15.4. The summed E-state index contributed by atoms with van der Waals surface area (Å²) in [7, 11) is 0. The van der Waals surface area contributed by atoms with Gasteiger partial charge in [-0.2, -0.15) is 9.78 Å². The molecule has 7 heteroatoms. The van der Waals surface area contributed by atoms with Crippen molar-refractivity contribution in [3.63, 3.8) is 0 Å². The lowest BCUT2D eigenvalue weighted by molar-refractivity contribution is -0.385. The summed E-state index contributed by atoms with van der Waals surface area (Å²) in [6.45, 7) is 5.56. The first-order valence-corrected chi connectivity index (χ1v) is 5.77. The third-order valence-electron chi connectivity index (χ3n) is 2.65. The molecule has 0 saturated carbocycles. The molecule has 0 bridgehead atoms. The van der Waals surface area contributed by atoms with Crippen LogP contribution in [-0.2, 0) is 5.41 Å². The molecule has 0 aliphatic carbocycles. The van der Waals surface area contributed by atoms with Crippen molar-refractivity contribution in [1.29, 1.82) is 0 Å². The molecule has 2 N–H and O–H groups in total. The largest absolute Gasteiger partial charge is 0.378 e. The highest BCUT2D eigenvalue weighted by Crippen LogP contribution is 2.35. The number of pyridine rings is 1. The topological polar surface area (TPSA) is 99.9 Å². The fraction of sp³-hybridized carbons (Fsp3) is 0.333. The molecule has 0 amide bonds. The van der Waals surface area contributed by atoms with E-state index in [2.05, 4.69) is 10.1 Å². The van der Waals surface area contributed by atoms with E-state index in [0.29, 0.717) is 11.5 Å². The molecule has 2 heterocycles. The van der Waals surface area contributed by atoms with Gasteiger partial charge in [0, 0.05) is 11.6 Å². The molecule has 0 fully saturated rings. The molecule has 0 aromatic carbocycles. The second kappa shape index (κ2) is 4.34. The van der Waals surface area contributed by atoms with Crippen LogP contribution >= 0.6 is 0 Å². The van der Waals surface area contributed by atoms with E-state index in [-0.39, 0.29) is 11.5 Å². The van der Waals surface area contributed by atoms with Crippen molar-refractivity contribution in [3.05, 3.63) is 40.2 Å². The minimum atomic E-state index is -0.498. The molecule has 0 saturated heterocycles. The zero-order valence-electron chi connectivity index (χ0n) is 11.0. The lowest BCUT2D eigenvalue weighted by Gasteiger charge is -2.13. The number of nitro groups is 1. The predicted molar refractivity (Wildman–Crippen MR) is 71.1 cm³/mol. The fourth-order valence-electron chi connectivity index (χ4n) is 1.76. The first kappa shape index (κ1) is 13.0. The van der Waals surface area contributed by atoms with Crippen molar-refractivity contribution in [2.24, 2.45) is 0 Å². The van der Waals surface area contributed by atoms with Crippen LogP contribution in [0.1, 0.15) is 26.5 Å². The molecule has 0 radical (unpaired) electrons. The molecule has 7 nitrogen and oxygen atoms in total. The maximum absolute atomic E-state index is 11.2. The van der Waals surface area contributed by atoms with Gasteiger partial charge in [0.1, 0.15) is 5.69 Å². The van der Waals surface area contributed by atoms with Gasteiger partial charge in [0.2, 0.25) is 5.82 Å². The van der Waals surface area contributed by atoms with Gasteiger partial charge in [0.25, 0.3) is 0 Å². The van der Waals surface area contributed by atoms with Crippen LogP contribution in [0.15, 0.2) is 24.4 Å².